The lowest BCUT2D eigenvalue weighted by Crippen LogP contribution is -2.32. The molecule has 104 valence electrons. The highest BCUT2D eigenvalue weighted by Crippen LogP contribution is 2.26. The van der Waals surface area contributed by atoms with Crippen molar-refractivity contribution in [2.45, 2.75) is 0 Å². The van der Waals surface area contributed by atoms with Gasteiger partial charge in [0, 0.05) is 24.8 Å². The molecule has 0 saturated carbocycles. The monoisotopic (exact) mass is 302 g/mol. The fourth-order valence-corrected chi connectivity index (χ4v) is 2.73. The second kappa shape index (κ2) is 6.84. The van der Waals surface area contributed by atoms with Crippen molar-refractivity contribution in [1.29, 1.82) is 0 Å². The molecule has 1 aromatic heterocycles. The zero-order valence-corrected chi connectivity index (χ0v) is 12.4. The summed E-state index contributed by atoms with van der Waals surface area (Å²) in [6.07, 6.45) is 0. The van der Waals surface area contributed by atoms with E-state index in [0.29, 0.717) is 11.4 Å². The van der Waals surface area contributed by atoms with Gasteiger partial charge in [-0.3, -0.25) is 4.79 Å². The Kier molecular flexibility index (Phi) is 5.72. The first-order chi connectivity index (χ1) is 8.61. The van der Waals surface area contributed by atoms with E-state index in [9.17, 15) is 9.18 Å². The van der Waals surface area contributed by atoms with E-state index in [1.54, 1.807) is 24.1 Å². The lowest BCUT2D eigenvalue weighted by atomic mass is 10.2. The molecule has 1 N–H and O–H groups in total. The largest absolute Gasteiger partial charge is 0.340 e. The molecular weight excluding hydrogens is 287 g/mol. The third kappa shape index (κ3) is 3.65. The number of likely N-dealkylation sites (N-methyl/N-ethyl adjacent to an activating group) is 2. The number of halogens is 2. The van der Waals surface area contributed by atoms with E-state index in [0.717, 1.165) is 16.6 Å². The molecule has 1 amide bonds. The second-order valence-electron chi connectivity index (χ2n) is 4.12. The van der Waals surface area contributed by atoms with Gasteiger partial charge in [0.2, 0.25) is 0 Å². The summed E-state index contributed by atoms with van der Waals surface area (Å²) in [5.41, 5.74) is 0. The predicted molar refractivity (Wildman–Crippen MR) is 79.9 cm³/mol. The maximum Gasteiger partial charge on any atom is 0.263 e. The highest BCUT2D eigenvalue weighted by Gasteiger charge is 2.14. The van der Waals surface area contributed by atoms with Crippen molar-refractivity contribution in [1.82, 2.24) is 10.2 Å². The molecule has 2 rings (SSSR count). The summed E-state index contributed by atoms with van der Waals surface area (Å²) in [6, 6.07) is 6.33. The van der Waals surface area contributed by atoms with E-state index < -0.39 is 0 Å². The fraction of sp³-hybridized carbons (Fsp3) is 0.308. The predicted octanol–water partition coefficient (Wildman–Crippen LogP) is 2.75. The molecular formula is C13H16ClFN2OS. The molecule has 0 unspecified atom stereocenters. The molecule has 1 heterocycles. The molecule has 1 aromatic carbocycles. The Hall–Kier alpha value is -1.17. The van der Waals surface area contributed by atoms with E-state index in [-0.39, 0.29) is 24.1 Å². The lowest BCUT2D eigenvalue weighted by Gasteiger charge is -2.15. The van der Waals surface area contributed by atoms with Crippen molar-refractivity contribution in [2.75, 3.05) is 27.2 Å². The van der Waals surface area contributed by atoms with Crippen LogP contribution in [0.25, 0.3) is 10.1 Å². The zero-order chi connectivity index (χ0) is 13.1. The number of rotatable bonds is 4. The Morgan fingerprint density at radius 3 is 2.84 bits per heavy atom. The van der Waals surface area contributed by atoms with Crippen LogP contribution in [-0.4, -0.2) is 38.0 Å². The van der Waals surface area contributed by atoms with Gasteiger partial charge in [0.05, 0.1) is 4.88 Å². The molecule has 0 radical (unpaired) electrons. The Morgan fingerprint density at radius 2 is 2.16 bits per heavy atom. The average Bonchev–Trinajstić information content (AvgIpc) is 2.77. The topological polar surface area (TPSA) is 32.3 Å². The van der Waals surface area contributed by atoms with Crippen molar-refractivity contribution in [3.8, 4) is 0 Å². The summed E-state index contributed by atoms with van der Waals surface area (Å²) in [5.74, 6) is -0.297. The SMILES string of the molecule is CNCCN(C)C(=O)c1cc2cc(F)ccc2s1.Cl. The van der Waals surface area contributed by atoms with Crippen LogP contribution in [0.15, 0.2) is 24.3 Å². The maximum atomic E-state index is 13.1. The number of amides is 1. The number of hydrogen-bond acceptors (Lipinski definition) is 3. The number of nitrogens with zero attached hydrogens (tertiary/aromatic N) is 1. The molecule has 0 atom stereocenters. The number of hydrogen-bond donors (Lipinski definition) is 1. The maximum absolute atomic E-state index is 13.1. The van der Waals surface area contributed by atoms with Crippen molar-refractivity contribution >= 4 is 39.7 Å². The lowest BCUT2D eigenvalue weighted by molar-refractivity contribution is 0.0801. The minimum atomic E-state index is -0.275. The first-order valence-electron chi connectivity index (χ1n) is 5.71. The van der Waals surface area contributed by atoms with Gasteiger partial charge in [0.1, 0.15) is 5.82 Å². The van der Waals surface area contributed by atoms with Gasteiger partial charge in [-0.15, -0.1) is 23.7 Å². The molecule has 0 spiro atoms. The summed E-state index contributed by atoms with van der Waals surface area (Å²) in [7, 11) is 3.62. The highest BCUT2D eigenvalue weighted by molar-refractivity contribution is 7.20. The first-order valence-corrected chi connectivity index (χ1v) is 6.52. The van der Waals surface area contributed by atoms with Gasteiger partial charge in [0.15, 0.2) is 0 Å². The van der Waals surface area contributed by atoms with Crippen molar-refractivity contribution in [3.05, 3.63) is 35.0 Å². The van der Waals surface area contributed by atoms with Crippen LogP contribution in [0.1, 0.15) is 9.67 Å². The average molecular weight is 303 g/mol. The third-order valence-electron chi connectivity index (χ3n) is 2.73. The Bertz CT molecular complexity index is 573. The van der Waals surface area contributed by atoms with Gasteiger partial charge in [-0.2, -0.15) is 0 Å². The van der Waals surface area contributed by atoms with Crippen molar-refractivity contribution < 1.29 is 9.18 Å². The number of benzene rings is 1. The molecule has 2 aromatic rings. The van der Waals surface area contributed by atoms with Crippen LogP contribution >= 0.6 is 23.7 Å². The molecule has 0 saturated heterocycles. The number of nitrogens with one attached hydrogen (secondary N) is 1. The van der Waals surface area contributed by atoms with Gasteiger partial charge < -0.3 is 10.2 Å². The number of carbonyl (C=O) groups excluding carboxylic acids is 1. The minimum Gasteiger partial charge on any atom is -0.340 e. The third-order valence-corrected chi connectivity index (χ3v) is 3.84. The molecule has 19 heavy (non-hydrogen) atoms. The molecule has 0 aliphatic carbocycles. The van der Waals surface area contributed by atoms with Crippen LogP contribution in [0.2, 0.25) is 0 Å². The Labute approximate surface area is 121 Å². The Balaban J connectivity index is 0.00000180. The molecule has 0 fully saturated rings. The molecule has 6 heteroatoms. The molecule has 0 bridgehead atoms. The highest BCUT2D eigenvalue weighted by atomic mass is 35.5. The number of fused-ring (bicyclic) bond motifs is 1. The Morgan fingerprint density at radius 1 is 1.42 bits per heavy atom. The van der Waals surface area contributed by atoms with Crippen LogP contribution in [0, 0.1) is 5.82 Å². The van der Waals surface area contributed by atoms with Crippen LogP contribution < -0.4 is 5.32 Å². The van der Waals surface area contributed by atoms with E-state index in [4.69, 9.17) is 0 Å². The van der Waals surface area contributed by atoms with Gasteiger partial charge >= 0.3 is 0 Å². The van der Waals surface area contributed by atoms with Crippen LogP contribution in [-0.2, 0) is 0 Å². The summed E-state index contributed by atoms with van der Waals surface area (Å²) in [6.45, 7) is 1.40. The van der Waals surface area contributed by atoms with Gasteiger partial charge in [-0.05, 0) is 36.7 Å². The van der Waals surface area contributed by atoms with Crippen LogP contribution in [0.3, 0.4) is 0 Å². The first kappa shape index (κ1) is 15.9. The number of thiophene rings is 1. The molecule has 0 aliphatic heterocycles. The summed E-state index contributed by atoms with van der Waals surface area (Å²) >= 11 is 1.40. The van der Waals surface area contributed by atoms with Crippen LogP contribution in [0.5, 0.6) is 0 Å². The molecule has 0 aliphatic rings. The minimum absolute atomic E-state index is 0. The fourth-order valence-electron chi connectivity index (χ4n) is 1.69. The van der Waals surface area contributed by atoms with Crippen molar-refractivity contribution in [2.24, 2.45) is 0 Å². The second-order valence-corrected chi connectivity index (χ2v) is 5.21. The molecule has 3 nitrogen and oxygen atoms in total. The van der Waals surface area contributed by atoms with Crippen molar-refractivity contribution in [3.63, 3.8) is 0 Å². The summed E-state index contributed by atoms with van der Waals surface area (Å²) in [5, 5.41) is 3.78. The summed E-state index contributed by atoms with van der Waals surface area (Å²) < 4.78 is 14.0. The quantitative estimate of drug-likeness (QED) is 0.942. The summed E-state index contributed by atoms with van der Waals surface area (Å²) in [4.78, 5) is 14.4. The van der Waals surface area contributed by atoms with E-state index in [1.807, 2.05) is 7.05 Å². The normalized spacial score (nSPS) is 10.3. The van der Waals surface area contributed by atoms with Crippen LogP contribution in [0.4, 0.5) is 4.39 Å². The smallest absolute Gasteiger partial charge is 0.263 e. The van der Waals surface area contributed by atoms with E-state index in [2.05, 4.69) is 5.32 Å². The van der Waals surface area contributed by atoms with Gasteiger partial charge in [-0.1, -0.05) is 0 Å². The zero-order valence-electron chi connectivity index (χ0n) is 10.8. The van der Waals surface area contributed by atoms with E-state index in [1.165, 1.54) is 23.5 Å². The van der Waals surface area contributed by atoms with Gasteiger partial charge in [0.25, 0.3) is 5.91 Å². The standard InChI is InChI=1S/C13H15FN2OS.ClH/c1-15-5-6-16(2)13(17)12-8-9-7-10(14)3-4-11(9)18-12;/h3-4,7-8,15H,5-6H2,1-2H3;1H. The number of carbonyl (C=O) groups is 1. The van der Waals surface area contributed by atoms with E-state index >= 15 is 0 Å². The van der Waals surface area contributed by atoms with Gasteiger partial charge in [-0.25, -0.2) is 4.39 Å².